The van der Waals surface area contributed by atoms with Crippen LogP contribution in [0.1, 0.15) is 0 Å². The summed E-state index contributed by atoms with van der Waals surface area (Å²) in [5.74, 6) is 0. The van der Waals surface area contributed by atoms with Crippen LogP contribution in [0.5, 0.6) is 0 Å². The molecule has 1 heterocycles. The van der Waals surface area contributed by atoms with E-state index in [2.05, 4.69) is 52.7 Å². The fourth-order valence-electron chi connectivity index (χ4n) is 1.64. The Hall–Kier alpha value is -1.44. The molecule has 7 heteroatoms. The minimum atomic E-state index is 0.747. The molecule has 0 aliphatic carbocycles. The molecule has 0 spiro atoms. The van der Waals surface area contributed by atoms with Crippen LogP contribution in [0.25, 0.3) is 0 Å². The van der Waals surface area contributed by atoms with Crippen molar-refractivity contribution in [2.45, 2.75) is 0 Å². The molecule has 0 amide bonds. The number of anilines is 4. The molecule has 1 aromatic heterocycles. The first-order valence-corrected chi connectivity index (χ1v) is 8.48. The van der Waals surface area contributed by atoms with Gasteiger partial charge < -0.3 is 10.6 Å². The Morgan fingerprint density at radius 2 is 1.05 bits per heavy atom. The number of benzene rings is 2. The number of nitrogens with one attached hydrogen (secondary N) is 2. The molecular weight excluding hydrogens is 416 g/mol. The number of hydrogen-bond donors (Lipinski definition) is 2. The Labute approximate surface area is 142 Å². The lowest BCUT2D eigenvalue weighted by molar-refractivity contribution is 1.09. The quantitative estimate of drug-likeness (QED) is 0.575. The molecule has 0 aliphatic heterocycles. The second kappa shape index (κ2) is 6.55. The number of halogens is 2. The summed E-state index contributed by atoms with van der Waals surface area (Å²) in [6, 6.07) is 15.8. The number of aromatic nitrogens is 2. The summed E-state index contributed by atoms with van der Waals surface area (Å²) in [7, 11) is 0. The molecule has 0 bridgehead atoms. The Bertz CT molecular complexity index is 663. The highest BCUT2D eigenvalue weighted by Crippen LogP contribution is 2.27. The van der Waals surface area contributed by atoms with Gasteiger partial charge in [-0.25, -0.2) is 0 Å². The predicted octanol–water partition coefficient (Wildman–Crippen LogP) is 5.55. The highest BCUT2D eigenvalue weighted by Gasteiger charge is 2.04. The molecule has 0 radical (unpaired) electrons. The zero-order valence-electron chi connectivity index (χ0n) is 10.7. The van der Waals surface area contributed by atoms with Gasteiger partial charge >= 0.3 is 0 Å². The van der Waals surface area contributed by atoms with Crippen molar-refractivity contribution in [2.24, 2.45) is 0 Å². The molecule has 2 N–H and O–H groups in total. The molecule has 21 heavy (non-hydrogen) atoms. The summed E-state index contributed by atoms with van der Waals surface area (Å²) >= 11 is 8.28. The zero-order chi connectivity index (χ0) is 14.7. The third-order valence-electron chi connectivity index (χ3n) is 2.62. The first-order valence-electron chi connectivity index (χ1n) is 6.08. The van der Waals surface area contributed by atoms with E-state index >= 15 is 0 Å². The van der Waals surface area contributed by atoms with Gasteiger partial charge in [-0.2, -0.15) is 0 Å². The van der Waals surface area contributed by atoms with Crippen LogP contribution >= 0.6 is 43.2 Å². The Balaban J connectivity index is 1.68. The number of rotatable bonds is 4. The lowest BCUT2D eigenvalue weighted by Gasteiger charge is -2.02. The van der Waals surface area contributed by atoms with E-state index < -0.39 is 0 Å². The molecule has 0 atom stereocenters. The van der Waals surface area contributed by atoms with E-state index in [1.165, 1.54) is 11.3 Å². The lowest BCUT2D eigenvalue weighted by atomic mass is 10.3. The topological polar surface area (TPSA) is 49.8 Å². The van der Waals surface area contributed by atoms with Gasteiger partial charge in [-0.05, 0) is 48.5 Å². The average Bonchev–Trinajstić information content (AvgIpc) is 2.91. The van der Waals surface area contributed by atoms with Crippen molar-refractivity contribution in [2.75, 3.05) is 10.6 Å². The van der Waals surface area contributed by atoms with Gasteiger partial charge in [0.25, 0.3) is 0 Å². The van der Waals surface area contributed by atoms with Crippen molar-refractivity contribution in [3.05, 3.63) is 57.5 Å². The van der Waals surface area contributed by atoms with E-state index in [0.29, 0.717) is 0 Å². The van der Waals surface area contributed by atoms with Crippen molar-refractivity contribution in [1.29, 1.82) is 0 Å². The Morgan fingerprint density at radius 1 is 0.667 bits per heavy atom. The maximum absolute atomic E-state index is 4.12. The summed E-state index contributed by atoms with van der Waals surface area (Å²) in [6.45, 7) is 0. The smallest absolute Gasteiger partial charge is 0.211 e. The lowest BCUT2D eigenvalue weighted by Crippen LogP contribution is -1.89. The van der Waals surface area contributed by atoms with E-state index in [1.54, 1.807) is 0 Å². The normalized spacial score (nSPS) is 10.4. The average molecular weight is 426 g/mol. The first kappa shape index (κ1) is 14.5. The van der Waals surface area contributed by atoms with Gasteiger partial charge in [-0.3, -0.25) is 0 Å². The van der Waals surface area contributed by atoms with Crippen LogP contribution in [-0.2, 0) is 0 Å². The SMILES string of the molecule is Brc1ccc(Nc2nnc(Nc3ccc(Br)cc3)s2)cc1. The largest absolute Gasteiger partial charge is 0.330 e. The summed E-state index contributed by atoms with van der Waals surface area (Å²) < 4.78 is 2.09. The molecule has 0 unspecified atom stereocenters. The van der Waals surface area contributed by atoms with Gasteiger partial charge in [0.2, 0.25) is 10.3 Å². The minimum Gasteiger partial charge on any atom is -0.330 e. The molecule has 0 aliphatic rings. The van der Waals surface area contributed by atoms with Crippen molar-refractivity contribution < 1.29 is 0 Å². The van der Waals surface area contributed by atoms with Gasteiger partial charge in [-0.15, -0.1) is 10.2 Å². The third kappa shape index (κ3) is 4.03. The highest BCUT2D eigenvalue weighted by atomic mass is 79.9. The molecule has 4 nitrogen and oxygen atoms in total. The fourth-order valence-corrected chi connectivity index (χ4v) is 2.85. The molecule has 3 aromatic rings. The molecule has 2 aromatic carbocycles. The zero-order valence-corrected chi connectivity index (χ0v) is 14.7. The van der Waals surface area contributed by atoms with Crippen molar-refractivity contribution >= 4 is 64.8 Å². The van der Waals surface area contributed by atoms with Gasteiger partial charge in [0.05, 0.1) is 0 Å². The Kier molecular flexibility index (Phi) is 4.52. The molecule has 3 rings (SSSR count). The highest BCUT2D eigenvalue weighted by molar-refractivity contribution is 9.10. The van der Waals surface area contributed by atoms with E-state index in [-0.39, 0.29) is 0 Å². The van der Waals surface area contributed by atoms with Crippen LogP contribution in [0.3, 0.4) is 0 Å². The fraction of sp³-hybridized carbons (Fsp3) is 0. The summed E-state index contributed by atoms with van der Waals surface area (Å²) in [5, 5.41) is 16.2. The standard InChI is InChI=1S/C14H10Br2N4S/c15-9-1-5-11(6-2-9)17-13-19-20-14(21-13)18-12-7-3-10(16)4-8-12/h1-8H,(H,17,19)(H,18,20). The summed E-state index contributed by atoms with van der Waals surface area (Å²) in [6.07, 6.45) is 0. The maximum atomic E-state index is 4.12. The second-order valence-corrected chi connectivity index (χ2v) is 6.99. The molecule has 106 valence electrons. The molecule has 0 saturated carbocycles. The van der Waals surface area contributed by atoms with Gasteiger partial charge in [0.1, 0.15) is 0 Å². The number of nitrogens with zero attached hydrogens (tertiary/aromatic N) is 2. The van der Waals surface area contributed by atoms with Crippen molar-refractivity contribution in [3.8, 4) is 0 Å². The van der Waals surface area contributed by atoms with Gasteiger partial charge in [-0.1, -0.05) is 43.2 Å². The van der Waals surface area contributed by atoms with Crippen LogP contribution in [0.4, 0.5) is 21.6 Å². The van der Waals surface area contributed by atoms with E-state index in [4.69, 9.17) is 0 Å². The first-order chi connectivity index (χ1) is 10.2. The van der Waals surface area contributed by atoms with Crippen LogP contribution in [0.2, 0.25) is 0 Å². The van der Waals surface area contributed by atoms with E-state index in [1.807, 2.05) is 48.5 Å². The van der Waals surface area contributed by atoms with Crippen molar-refractivity contribution in [3.63, 3.8) is 0 Å². The monoisotopic (exact) mass is 424 g/mol. The minimum absolute atomic E-state index is 0.747. The maximum Gasteiger partial charge on any atom is 0.211 e. The van der Waals surface area contributed by atoms with Gasteiger partial charge in [0, 0.05) is 20.3 Å². The molecule has 0 saturated heterocycles. The molecule has 0 fully saturated rings. The third-order valence-corrected chi connectivity index (χ3v) is 4.43. The summed E-state index contributed by atoms with van der Waals surface area (Å²) in [5.41, 5.74) is 1.95. The molecular formula is C14H10Br2N4S. The van der Waals surface area contributed by atoms with Crippen LogP contribution in [0, 0.1) is 0 Å². The van der Waals surface area contributed by atoms with Gasteiger partial charge in [0.15, 0.2) is 0 Å². The van der Waals surface area contributed by atoms with Crippen LogP contribution < -0.4 is 10.6 Å². The van der Waals surface area contributed by atoms with E-state index in [9.17, 15) is 0 Å². The summed E-state index contributed by atoms with van der Waals surface area (Å²) in [4.78, 5) is 0. The van der Waals surface area contributed by atoms with Crippen molar-refractivity contribution in [1.82, 2.24) is 10.2 Å². The van der Waals surface area contributed by atoms with E-state index in [0.717, 1.165) is 30.6 Å². The predicted molar refractivity (Wildman–Crippen MR) is 94.8 cm³/mol. The van der Waals surface area contributed by atoms with Crippen LogP contribution in [0.15, 0.2) is 57.5 Å². The number of hydrogen-bond acceptors (Lipinski definition) is 5. The second-order valence-electron chi connectivity index (χ2n) is 4.18. The Morgan fingerprint density at radius 3 is 1.43 bits per heavy atom. The van der Waals surface area contributed by atoms with Crippen LogP contribution in [-0.4, -0.2) is 10.2 Å².